The van der Waals surface area contributed by atoms with E-state index < -0.39 is 0 Å². The van der Waals surface area contributed by atoms with Crippen molar-refractivity contribution >= 4 is 11.5 Å². The average Bonchev–Trinajstić information content (AvgIpc) is 3.53. The standard InChI is InChI=1S/C22H26N6/c1-15-14-17(6-9-23-15)22-21(16-2-3-16)24-19-4-5-20(25-28(19)22)27-13-12-26-10-7-18(27)8-11-26/h4-6,9,14,16,18H,2-3,7-8,10-13H2,1H3. The fourth-order valence-corrected chi connectivity index (χ4v) is 4.89. The van der Waals surface area contributed by atoms with Gasteiger partial charge in [0.1, 0.15) is 5.82 Å². The molecule has 2 bridgehead atoms. The van der Waals surface area contributed by atoms with Gasteiger partial charge in [0, 0.05) is 55.6 Å². The van der Waals surface area contributed by atoms with Crippen LogP contribution in [0, 0.1) is 6.92 Å². The Hall–Kier alpha value is -2.47. The van der Waals surface area contributed by atoms with Crippen molar-refractivity contribution in [3.8, 4) is 11.3 Å². The highest BCUT2D eigenvalue weighted by molar-refractivity contribution is 5.68. The molecule has 6 nitrogen and oxygen atoms in total. The largest absolute Gasteiger partial charge is 0.351 e. The second-order valence-electron chi connectivity index (χ2n) is 8.53. The summed E-state index contributed by atoms with van der Waals surface area (Å²) >= 11 is 0. The van der Waals surface area contributed by atoms with Crippen molar-refractivity contribution in [3.63, 3.8) is 0 Å². The summed E-state index contributed by atoms with van der Waals surface area (Å²) in [5.74, 6) is 1.67. The van der Waals surface area contributed by atoms with E-state index in [4.69, 9.17) is 10.1 Å². The molecule has 3 aliphatic heterocycles. The molecule has 0 amide bonds. The van der Waals surface area contributed by atoms with Gasteiger partial charge >= 0.3 is 0 Å². The number of pyridine rings is 1. The lowest BCUT2D eigenvalue weighted by molar-refractivity contribution is 0.250. The molecule has 0 N–H and O–H groups in total. The maximum absolute atomic E-state index is 5.14. The van der Waals surface area contributed by atoms with Crippen molar-refractivity contribution in [2.45, 2.75) is 44.6 Å². The molecule has 0 radical (unpaired) electrons. The molecule has 0 unspecified atom stereocenters. The Balaban J connectivity index is 1.50. The van der Waals surface area contributed by atoms with Crippen molar-refractivity contribution in [1.82, 2.24) is 24.5 Å². The van der Waals surface area contributed by atoms with Crippen LogP contribution < -0.4 is 4.90 Å². The predicted octanol–water partition coefficient (Wildman–Crippen LogP) is 3.26. The highest BCUT2D eigenvalue weighted by Crippen LogP contribution is 2.44. The van der Waals surface area contributed by atoms with E-state index in [-0.39, 0.29) is 0 Å². The van der Waals surface area contributed by atoms with Gasteiger partial charge in [-0.2, -0.15) is 0 Å². The molecule has 4 aliphatic rings. The van der Waals surface area contributed by atoms with E-state index in [0.29, 0.717) is 12.0 Å². The summed E-state index contributed by atoms with van der Waals surface area (Å²) < 4.78 is 2.09. The first-order valence-corrected chi connectivity index (χ1v) is 10.6. The minimum atomic E-state index is 0.579. The van der Waals surface area contributed by atoms with Gasteiger partial charge < -0.3 is 9.80 Å². The Morgan fingerprint density at radius 3 is 2.61 bits per heavy atom. The Morgan fingerprint density at radius 1 is 0.964 bits per heavy atom. The number of piperidine rings is 1. The van der Waals surface area contributed by atoms with Gasteiger partial charge in [0.25, 0.3) is 0 Å². The molecule has 0 atom stereocenters. The van der Waals surface area contributed by atoms with Crippen LogP contribution in [0.5, 0.6) is 0 Å². The molecule has 1 aliphatic carbocycles. The van der Waals surface area contributed by atoms with Crippen LogP contribution in [0.2, 0.25) is 0 Å². The van der Waals surface area contributed by atoms with Gasteiger partial charge in [-0.15, -0.1) is 5.10 Å². The van der Waals surface area contributed by atoms with Crippen LogP contribution >= 0.6 is 0 Å². The van der Waals surface area contributed by atoms with Crippen LogP contribution in [-0.4, -0.2) is 56.7 Å². The monoisotopic (exact) mass is 374 g/mol. The van der Waals surface area contributed by atoms with Crippen LogP contribution in [-0.2, 0) is 0 Å². The summed E-state index contributed by atoms with van der Waals surface area (Å²) in [6.07, 6.45) is 6.85. The molecule has 4 fully saturated rings. The number of nitrogens with zero attached hydrogens (tertiary/aromatic N) is 6. The molecule has 6 heteroatoms. The van der Waals surface area contributed by atoms with Crippen molar-refractivity contribution in [3.05, 3.63) is 41.9 Å². The molecule has 6 heterocycles. The number of hydrogen-bond acceptors (Lipinski definition) is 5. The van der Waals surface area contributed by atoms with Gasteiger partial charge in [-0.05, 0) is 56.9 Å². The van der Waals surface area contributed by atoms with Gasteiger partial charge in [-0.3, -0.25) is 4.98 Å². The maximum Gasteiger partial charge on any atom is 0.154 e. The molecule has 144 valence electrons. The SMILES string of the molecule is Cc1cc(-c2c(C3CC3)nc3ccc(N4CCN5CCC4CC5)nn23)ccn1. The van der Waals surface area contributed by atoms with Gasteiger partial charge in [0.2, 0.25) is 0 Å². The van der Waals surface area contributed by atoms with E-state index in [1.807, 2.05) is 13.1 Å². The van der Waals surface area contributed by atoms with Crippen LogP contribution in [0.1, 0.15) is 43.0 Å². The van der Waals surface area contributed by atoms with E-state index in [1.165, 1.54) is 50.0 Å². The number of hydrogen-bond donors (Lipinski definition) is 0. The van der Waals surface area contributed by atoms with Crippen molar-refractivity contribution in [2.24, 2.45) is 0 Å². The second-order valence-corrected chi connectivity index (χ2v) is 8.53. The number of anilines is 1. The van der Waals surface area contributed by atoms with Crippen molar-refractivity contribution in [1.29, 1.82) is 0 Å². The first-order valence-electron chi connectivity index (χ1n) is 10.6. The Kier molecular flexibility index (Phi) is 3.69. The van der Waals surface area contributed by atoms with Gasteiger partial charge in [-0.25, -0.2) is 9.50 Å². The normalized spacial score (nSPS) is 24.7. The van der Waals surface area contributed by atoms with E-state index in [1.54, 1.807) is 0 Å². The van der Waals surface area contributed by atoms with Gasteiger partial charge in [-0.1, -0.05) is 0 Å². The zero-order valence-corrected chi connectivity index (χ0v) is 16.4. The molecule has 0 aromatic carbocycles. The topological polar surface area (TPSA) is 49.6 Å². The first kappa shape index (κ1) is 16.5. The highest BCUT2D eigenvalue weighted by atomic mass is 15.4. The number of rotatable bonds is 3. The molecular weight excluding hydrogens is 348 g/mol. The zero-order valence-electron chi connectivity index (χ0n) is 16.4. The van der Waals surface area contributed by atoms with E-state index in [9.17, 15) is 0 Å². The fourth-order valence-electron chi connectivity index (χ4n) is 4.89. The van der Waals surface area contributed by atoms with Gasteiger partial charge in [0.05, 0.1) is 11.4 Å². The first-order chi connectivity index (χ1) is 13.8. The van der Waals surface area contributed by atoms with Crippen LogP contribution in [0.25, 0.3) is 16.9 Å². The molecule has 1 saturated carbocycles. The number of fused-ring (bicyclic) bond motifs is 5. The van der Waals surface area contributed by atoms with E-state index in [2.05, 4.69) is 43.6 Å². The quantitative estimate of drug-likeness (QED) is 0.704. The third-order valence-corrected chi connectivity index (χ3v) is 6.57. The zero-order chi connectivity index (χ0) is 18.7. The van der Waals surface area contributed by atoms with Crippen LogP contribution in [0.3, 0.4) is 0 Å². The van der Waals surface area contributed by atoms with Crippen molar-refractivity contribution in [2.75, 3.05) is 31.1 Å². The summed E-state index contributed by atoms with van der Waals surface area (Å²) in [6, 6.07) is 9.20. The molecular formula is C22H26N6. The lowest BCUT2D eigenvalue weighted by Gasteiger charge is -2.32. The summed E-state index contributed by atoms with van der Waals surface area (Å²) in [5.41, 5.74) is 5.53. The number of imidazole rings is 1. The third kappa shape index (κ3) is 2.70. The lowest BCUT2D eigenvalue weighted by atomic mass is 10.1. The summed E-state index contributed by atoms with van der Waals surface area (Å²) in [4.78, 5) is 14.5. The number of aryl methyl sites for hydroxylation is 1. The lowest BCUT2D eigenvalue weighted by Crippen LogP contribution is -2.38. The smallest absolute Gasteiger partial charge is 0.154 e. The molecule has 3 aromatic heterocycles. The van der Waals surface area contributed by atoms with E-state index >= 15 is 0 Å². The van der Waals surface area contributed by atoms with E-state index in [0.717, 1.165) is 35.9 Å². The Morgan fingerprint density at radius 2 is 1.82 bits per heavy atom. The van der Waals surface area contributed by atoms with Crippen LogP contribution in [0.4, 0.5) is 5.82 Å². The summed E-state index contributed by atoms with van der Waals surface area (Å²) in [6.45, 7) is 6.70. The third-order valence-electron chi connectivity index (χ3n) is 6.57. The fraction of sp³-hybridized carbons (Fsp3) is 0.500. The minimum Gasteiger partial charge on any atom is -0.351 e. The molecule has 28 heavy (non-hydrogen) atoms. The maximum atomic E-state index is 5.14. The highest BCUT2D eigenvalue weighted by Gasteiger charge is 2.33. The molecule has 3 aromatic rings. The Labute approximate surface area is 165 Å². The summed E-state index contributed by atoms with van der Waals surface area (Å²) in [7, 11) is 0. The van der Waals surface area contributed by atoms with Crippen molar-refractivity contribution < 1.29 is 0 Å². The Bertz CT molecular complexity index is 1030. The number of aromatic nitrogens is 4. The predicted molar refractivity (Wildman–Crippen MR) is 110 cm³/mol. The average molecular weight is 374 g/mol. The van der Waals surface area contributed by atoms with Gasteiger partial charge in [0.15, 0.2) is 5.65 Å². The summed E-state index contributed by atoms with van der Waals surface area (Å²) in [5, 5.41) is 5.14. The van der Waals surface area contributed by atoms with Crippen LogP contribution in [0.15, 0.2) is 30.5 Å². The molecule has 3 saturated heterocycles. The minimum absolute atomic E-state index is 0.579. The molecule has 7 rings (SSSR count). The second kappa shape index (κ2) is 6.27. The molecule has 0 spiro atoms.